The number of carbonyl (C=O) groups is 1. The topological polar surface area (TPSA) is 56.8 Å². The lowest BCUT2D eigenvalue weighted by Crippen LogP contribution is -2.38. The number of carbonyl (C=O) groups excluding carboxylic acids is 1. The summed E-state index contributed by atoms with van der Waals surface area (Å²) < 4.78 is 15.5. The van der Waals surface area contributed by atoms with Gasteiger partial charge in [-0.05, 0) is 18.7 Å². The Morgan fingerprint density at radius 2 is 1.95 bits per heavy atom. The number of para-hydroxylation sites is 2. The molecule has 0 bridgehead atoms. The summed E-state index contributed by atoms with van der Waals surface area (Å²) in [6, 6.07) is 7.07. The fraction of sp³-hybridized carbons (Fsp3) is 0.500. The van der Waals surface area contributed by atoms with Crippen LogP contribution in [-0.4, -0.2) is 39.4 Å². The molecule has 0 amide bonds. The Morgan fingerprint density at radius 1 is 1.26 bits per heavy atom. The van der Waals surface area contributed by atoms with Crippen molar-refractivity contribution in [2.45, 2.75) is 19.4 Å². The molecule has 1 N–H and O–H groups in total. The summed E-state index contributed by atoms with van der Waals surface area (Å²) in [6.07, 6.45) is 0.540. The molecule has 106 valence electrons. The summed E-state index contributed by atoms with van der Waals surface area (Å²) in [4.78, 5) is 11.5. The van der Waals surface area contributed by atoms with E-state index in [4.69, 9.17) is 14.2 Å². The summed E-state index contributed by atoms with van der Waals surface area (Å²) in [5.74, 6) is 1.08. The fourth-order valence-electron chi connectivity index (χ4n) is 1.72. The minimum absolute atomic E-state index is 0.273. The lowest BCUT2D eigenvalue weighted by atomic mass is 10.2. The quantitative estimate of drug-likeness (QED) is 0.725. The molecule has 0 aliphatic rings. The van der Waals surface area contributed by atoms with Gasteiger partial charge in [-0.3, -0.25) is 4.79 Å². The van der Waals surface area contributed by atoms with E-state index in [9.17, 15) is 4.79 Å². The van der Waals surface area contributed by atoms with Crippen LogP contribution >= 0.6 is 0 Å². The minimum Gasteiger partial charge on any atom is -0.493 e. The standard InChI is InChI=1S/C14H21NO4/c1-4-15-11(14(16)18-3)9-10-19-13-8-6-5-7-12(13)17-2/h5-8,11,15H,4,9-10H2,1-3H3. The second-order valence-electron chi connectivity index (χ2n) is 3.92. The number of methoxy groups -OCH3 is 2. The van der Waals surface area contributed by atoms with Gasteiger partial charge in [0, 0.05) is 6.42 Å². The lowest BCUT2D eigenvalue weighted by molar-refractivity contribution is -0.143. The average Bonchev–Trinajstić information content (AvgIpc) is 2.46. The van der Waals surface area contributed by atoms with Gasteiger partial charge in [0.15, 0.2) is 11.5 Å². The van der Waals surface area contributed by atoms with E-state index in [1.165, 1.54) is 7.11 Å². The smallest absolute Gasteiger partial charge is 0.322 e. The maximum atomic E-state index is 11.5. The van der Waals surface area contributed by atoms with Gasteiger partial charge in [0.2, 0.25) is 0 Å². The van der Waals surface area contributed by atoms with Gasteiger partial charge >= 0.3 is 5.97 Å². The number of esters is 1. The van der Waals surface area contributed by atoms with Gasteiger partial charge < -0.3 is 19.5 Å². The molecule has 0 fully saturated rings. The Morgan fingerprint density at radius 3 is 2.53 bits per heavy atom. The van der Waals surface area contributed by atoms with E-state index in [0.717, 1.165) is 0 Å². The normalized spacial score (nSPS) is 11.7. The highest BCUT2D eigenvalue weighted by molar-refractivity contribution is 5.75. The largest absolute Gasteiger partial charge is 0.493 e. The van der Waals surface area contributed by atoms with Crippen molar-refractivity contribution in [2.24, 2.45) is 0 Å². The highest BCUT2D eigenvalue weighted by Crippen LogP contribution is 2.25. The predicted octanol–water partition coefficient (Wildman–Crippen LogP) is 1.62. The van der Waals surface area contributed by atoms with Crippen LogP contribution in [0.5, 0.6) is 11.5 Å². The van der Waals surface area contributed by atoms with Crippen LogP contribution in [0.25, 0.3) is 0 Å². The van der Waals surface area contributed by atoms with Crippen molar-refractivity contribution in [3.05, 3.63) is 24.3 Å². The highest BCUT2D eigenvalue weighted by Gasteiger charge is 2.17. The molecule has 0 aliphatic carbocycles. The van der Waals surface area contributed by atoms with Crippen LogP contribution in [0.1, 0.15) is 13.3 Å². The monoisotopic (exact) mass is 267 g/mol. The molecule has 1 atom stereocenters. The Balaban J connectivity index is 2.49. The number of hydrogen-bond acceptors (Lipinski definition) is 5. The van der Waals surface area contributed by atoms with Gasteiger partial charge in [-0.2, -0.15) is 0 Å². The molecule has 19 heavy (non-hydrogen) atoms. The molecule has 1 aromatic rings. The number of nitrogens with one attached hydrogen (secondary N) is 1. The van der Waals surface area contributed by atoms with Crippen molar-refractivity contribution in [3.8, 4) is 11.5 Å². The maximum absolute atomic E-state index is 11.5. The molecular weight excluding hydrogens is 246 g/mol. The van der Waals surface area contributed by atoms with Crippen molar-refractivity contribution < 1.29 is 19.0 Å². The van der Waals surface area contributed by atoms with Crippen molar-refractivity contribution >= 4 is 5.97 Å². The number of rotatable bonds is 8. The van der Waals surface area contributed by atoms with E-state index in [-0.39, 0.29) is 12.0 Å². The van der Waals surface area contributed by atoms with Gasteiger partial charge in [-0.1, -0.05) is 19.1 Å². The van der Waals surface area contributed by atoms with Gasteiger partial charge in [0.1, 0.15) is 6.04 Å². The van der Waals surface area contributed by atoms with Crippen LogP contribution in [0.3, 0.4) is 0 Å². The molecule has 0 aliphatic heterocycles. The molecule has 5 heteroatoms. The highest BCUT2D eigenvalue weighted by atomic mass is 16.5. The first kappa shape index (κ1) is 15.3. The van der Waals surface area contributed by atoms with Crippen LogP contribution in [0, 0.1) is 0 Å². The average molecular weight is 267 g/mol. The SMILES string of the molecule is CCNC(CCOc1ccccc1OC)C(=O)OC. The molecule has 0 aromatic heterocycles. The molecule has 0 spiro atoms. The van der Waals surface area contributed by atoms with E-state index in [1.807, 2.05) is 31.2 Å². The molecule has 1 unspecified atom stereocenters. The van der Waals surface area contributed by atoms with Gasteiger partial charge in [-0.25, -0.2) is 0 Å². The zero-order chi connectivity index (χ0) is 14.1. The summed E-state index contributed by atoms with van der Waals surface area (Å²) in [7, 11) is 2.98. The van der Waals surface area contributed by atoms with Gasteiger partial charge in [-0.15, -0.1) is 0 Å². The first-order chi connectivity index (χ1) is 9.22. The van der Waals surface area contributed by atoms with Crippen LogP contribution in [-0.2, 0) is 9.53 Å². The van der Waals surface area contributed by atoms with E-state index < -0.39 is 0 Å². The molecule has 5 nitrogen and oxygen atoms in total. The fourth-order valence-corrected chi connectivity index (χ4v) is 1.72. The lowest BCUT2D eigenvalue weighted by Gasteiger charge is -2.16. The Bertz CT molecular complexity index is 395. The van der Waals surface area contributed by atoms with E-state index >= 15 is 0 Å². The van der Waals surface area contributed by atoms with Gasteiger partial charge in [0.05, 0.1) is 20.8 Å². The third-order valence-corrected chi connectivity index (χ3v) is 2.67. The summed E-state index contributed by atoms with van der Waals surface area (Å²) >= 11 is 0. The number of ether oxygens (including phenoxy) is 3. The zero-order valence-corrected chi connectivity index (χ0v) is 11.6. The molecule has 0 radical (unpaired) electrons. The number of benzene rings is 1. The van der Waals surface area contributed by atoms with Crippen molar-refractivity contribution in [3.63, 3.8) is 0 Å². The predicted molar refractivity (Wildman–Crippen MR) is 72.6 cm³/mol. The Kier molecular flexibility index (Phi) is 6.74. The van der Waals surface area contributed by atoms with Crippen LogP contribution in [0.15, 0.2) is 24.3 Å². The van der Waals surface area contributed by atoms with Crippen molar-refractivity contribution in [1.29, 1.82) is 0 Å². The molecule has 1 aromatic carbocycles. The summed E-state index contributed by atoms with van der Waals surface area (Å²) in [5.41, 5.74) is 0. The molecule has 1 rings (SSSR count). The second-order valence-corrected chi connectivity index (χ2v) is 3.92. The van der Waals surface area contributed by atoms with Crippen LogP contribution in [0.4, 0.5) is 0 Å². The summed E-state index contributed by atoms with van der Waals surface area (Å²) in [6.45, 7) is 3.05. The maximum Gasteiger partial charge on any atom is 0.322 e. The van der Waals surface area contributed by atoms with Crippen LogP contribution < -0.4 is 14.8 Å². The van der Waals surface area contributed by atoms with E-state index in [1.54, 1.807) is 7.11 Å². The Hall–Kier alpha value is -1.75. The Labute approximate surface area is 113 Å². The second kappa shape index (κ2) is 8.37. The third-order valence-electron chi connectivity index (χ3n) is 2.67. The number of hydrogen-bond donors (Lipinski definition) is 1. The zero-order valence-electron chi connectivity index (χ0n) is 11.6. The summed E-state index contributed by atoms with van der Waals surface area (Å²) in [5, 5.41) is 3.06. The first-order valence-electron chi connectivity index (χ1n) is 6.30. The van der Waals surface area contributed by atoms with E-state index in [0.29, 0.717) is 31.1 Å². The number of likely N-dealkylation sites (N-methyl/N-ethyl adjacent to an activating group) is 1. The van der Waals surface area contributed by atoms with Crippen molar-refractivity contribution in [1.82, 2.24) is 5.32 Å². The molecule has 0 heterocycles. The van der Waals surface area contributed by atoms with Crippen LogP contribution in [0.2, 0.25) is 0 Å². The first-order valence-corrected chi connectivity index (χ1v) is 6.30. The minimum atomic E-state index is -0.343. The third kappa shape index (κ3) is 4.79. The molecular formula is C14H21NO4. The van der Waals surface area contributed by atoms with Gasteiger partial charge in [0.25, 0.3) is 0 Å². The molecule has 0 saturated heterocycles. The molecule has 0 saturated carbocycles. The van der Waals surface area contributed by atoms with E-state index in [2.05, 4.69) is 5.32 Å². The van der Waals surface area contributed by atoms with Crippen molar-refractivity contribution in [2.75, 3.05) is 27.4 Å².